The predicted molar refractivity (Wildman–Crippen MR) is 70.6 cm³/mol. The molecule has 1 saturated heterocycles. The first-order valence-electron chi connectivity index (χ1n) is 5.91. The number of rotatable bonds is 1. The minimum atomic E-state index is -0.296. The van der Waals surface area contributed by atoms with E-state index in [-0.39, 0.29) is 12.2 Å². The number of esters is 1. The molecule has 0 amide bonds. The normalized spacial score (nSPS) is 21.1. The Labute approximate surface area is 105 Å². The number of nitrogens with one attached hydrogen (secondary N) is 1. The average Bonchev–Trinajstić information content (AvgIpc) is 2.68. The first kappa shape index (κ1) is 10.8. The Balaban J connectivity index is 2.10. The minimum absolute atomic E-state index is 0.251. The van der Waals surface area contributed by atoms with Gasteiger partial charge in [0.2, 0.25) is 0 Å². The number of fused-ring (bicyclic) bond motifs is 1. The molecule has 0 aliphatic carbocycles. The summed E-state index contributed by atoms with van der Waals surface area (Å²) in [4.78, 5) is 11.6. The summed E-state index contributed by atoms with van der Waals surface area (Å²) in [5, 5.41) is 5.29. The molecule has 2 aromatic carbocycles. The van der Waals surface area contributed by atoms with E-state index in [4.69, 9.17) is 4.74 Å². The van der Waals surface area contributed by atoms with E-state index in [1.807, 2.05) is 43.3 Å². The van der Waals surface area contributed by atoms with Gasteiger partial charge in [0, 0.05) is 0 Å². The van der Waals surface area contributed by atoms with Crippen LogP contribution in [0, 0.1) is 0 Å². The van der Waals surface area contributed by atoms with Crippen molar-refractivity contribution in [3.8, 4) is 0 Å². The predicted octanol–water partition coefficient (Wildman–Crippen LogP) is 2.67. The number of carbonyl (C=O) groups is 1. The molecule has 1 fully saturated rings. The van der Waals surface area contributed by atoms with E-state index in [1.165, 1.54) is 0 Å². The Morgan fingerprint density at radius 3 is 2.72 bits per heavy atom. The van der Waals surface area contributed by atoms with E-state index < -0.39 is 0 Å². The Bertz CT molecular complexity index is 640. The highest BCUT2D eigenvalue weighted by atomic mass is 16.6. The number of hydrogen-bond acceptors (Lipinski definition) is 3. The third-order valence-electron chi connectivity index (χ3n) is 2.99. The maximum Gasteiger partial charge on any atom is 0.356 e. The molecular formula is C15H13NO2. The molecule has 3 heteroatoms. The second-order valence-corrected chi connectivity index (χ2v) is 4.32. The van der Waals surface area contributed by atoms with Crippen LogP contribution in [-0.2, 0) is 9.53 Å². The van der Waals surface area contributed by atoms with Crippen molar-refractivity contribution in [3.63, 3.8) is 0 Å². The van der Waals surface area contributed by atoms with Crippen LogP contribution >= 0.6 is 0 Å². The summed E-state index contributed by atoms with van der Waals surface area (Å²) in [5.41, 5.74) is 1.53. The second-order valence-electron chi connectivity index (χ2n) is 4.32. The van der Waals surface area contributed by atoms with Gasteiger partial charge in [0.1, 0.15) is 5.70 Å². The van der Waals surface area contributed by atoms with Crippen molar-refractivity contribution in [1.82, 2.24) is 5.32 Å². The van der Waals surface area contributed by atoms with Crippen LogP contribution in [0.25, 0.3) is 16.8 Å². The Kier molecular flexibility index (Phi) is 2.52. The van der Waals surface area contributed by atoms with Crippen molar-refractivity contribution in [3.05, 3.63) is 53.7 Å². The second kappa shape index (κ2) is 4.18. The molecule has 1 heterocycles. The van der Waals surface area contributed by atoms with Crippen molar-refractivity contribution >= 4 is 22.8 Å². The molecule has 0 saturated carbocycles. The van der Waals surface area contributed by atoms with E-state index in [0.29, 0.717) is 5.70 Å². The molecule has 90 valence electrons. The van der Waals surface area contributed by atoms with Crippen LogP contribution in [-0.4, -0.2) is 12.2 Å². The monoisotopic (exact) mass is 239 g/mol. The van der Waals surface area contributed by atoms with Gasteiger partial charge in [-0.3, -0.25) is 0 Å². The SMILES string of the molecule is CC1N/C(=C\c2cccc3ccccc23)C(=O)O1. The van der Waals surface area contributed by atoms with Crippen LogP contribution in [0.1, 0.15) is 12.5 Å². The van der Waals surface area contributed by atoms with Gasteiger partial charge < -0.3 is 10.1 Å². The zero-order valence-corrected chi connectivity index (χ0v) is 10.0. The zero-order valence-electron chi connectivity index (χ0n) is 10.0. The summed E-state index contributed by atoms with van der Waals surface area (Å²) >= 11 is 0. The van der Waals surface area contributed by atoms with Crippen molar-refractivity contribution in [1.29, 1.82) is 0 Å². The molecule has 1 unspecified atom stereocenters. The average molecular weight is 239 g/mol. The van der Waals surface area contributed by atoms with Crippen molar-refractivity contribution in [2.45, 2.75) is 13.2 Å². The van der Waals surface area contributed by atoms with Gasteiger partial charge >= 0.3 is 5.97 Å². The van der Waals surface area contributed by atoms with Gasteiger partial charge in [0.05, 0.1) is 0 Å². The lowest BCUT2D eigenvalue weighted by Gasteiger charge is -2.03. The van der Waals surface area contributed by atoms with E-state index in [0.717, 1.165) is 16.3 Å². The molecule has 1 aliphatic rings. The largest absolute Gasteiger partial charge is 0.437 e. The lowest BCUT2D eigenvalue weighted by molar-refractivity contribution is -0.138. The standard InChI is InChI=1S/C15H13NO2/c1-10-16-14(15(17)18-10)9-12-7-4-6-11-5-2-3-8-13(11)12/h2-10,16H,1H3/b14-9-. The van der Waals surface area contributed by atoms with Crippen LogP contribution < -0.4 is 5.32 Å². The van der Waals surface area contributed by atoms with Crippen molar-refractivity contribution < 1.29 is 9.53 Å². The molecule has 0 radical (unpaired) electrons. The molecule has 0 bridgehead atoms. The lowest BCUT2D eigenvalue weighted by atomic mass is 10.0. The highest BCUT2D eigenvalue weighted by Gasteiger charge is 2.24. The first-order chi connectivity index (χ1) is 8.74. The maximum atomic E-state index is 11.6. The number of cyclic esters (lactones) is 1. The number of carbonyl (C=O) groups excluding carboxylic acids is 1. The molecule has 1 atom stereocenters. The summed E-state index contributed by atoms with van der Waals surface area (Å²) in [6.07, 6.45) is 1.59. The number of benzene rings is 2. The number of ether oxygens (including phenoxy) is 1. The zero-order chi connectivity index (χ0) is 12.5. The van der Waals surface area contributed by atoms with E-state index in [9.17, 15) is 4.79 Å². The molecule has 0 aromatic heterocycles. The molecule has 1 N–H and O–H groups in total. The van der Waals surface area contributed by atoms with Gasteiger partial charge in [-0.2, -0.15) is 0 Å². The highest BCUT2D eigenvalue weighted by molar-refractivity contribution is 5.99. The van der Waals surface area contributed by atoms with E-state index in [2.05, 4.69) is 17.4 Å². The molecule has 2 aromatic rings. The summed E-state index contributed by atoms with van der Waals surface area (Å²) < 4.78 is 5.04. The molecule has 1 aliphatic heterocycles. The first-order valence-corrected chi connectivity index (χ1v) is 5.91. The quantitative estimate of drug-likeness (QED) is 0.614. The maximum absolute atomic E-state index is 11.6. The summed E-state index contributed by atoms with van der Waals surface area (Å²) in [5.74, 6) is -0.296. The topological polar surface area (TPSA) is 38.3 Å². The third kappa shape index (κ3) is 1.84. The van der Waals surface area contributed by atoms with Gasteiger partial charge in [0.25, 0.3) is 0 Å². The van der Waals surface area contributed by atoms with Crippen molar-refractivity contribution in [2.75, 3.05) is 0 Å². The number of hydrogen-bond donors (Lipinski definition) is 1. The van der Waals surface area contributed by atoms with Crippen LogP contribution in [0.15, 0.2) is 48.2 Å². The van der Waals surface area contributed by atoms with Gasteiger partial charge in [-0.25, -0.2) is 4.79 Å². The Morgan fingerprint density at radius 1 is 1.17 bits per heavy atom. The van der Waals surface area contributed by atoms with Gasteiger partial charge in [-0.1, -0.05) is 42.5 Å². The van der Waals surface area contributed by atoms with Crippen LogP contribution in [0.2, 0.25) is 0 Å². The lowest BCUT2D eigenvalue weighted by Crippen LogP contribution is -2.16. The van der Waals surface area contributed by atoms with Crippen molar-refractivity contribution in [2.24, 2.45) is 0 Å². The summed E-state index contributed by atoms with van der Waals surface area (Å²) in [7, 11) is 0. The smallest absolute Gasteiger partial charge is 0.356 e. The van der Waals surface area contributed by atoms with Gasteiger partial charge in [-0.05, 0) is 29.3 Å². The summed E-state index contributed by atoms with van der Waals surface area (Å²) in [6.45, 7) is 1.81. The van der Waals surface area contributed by atoms with E-state index >= 15 is 0 Å². The van der Waals surface area contributed by atoms with Crippen LogP contribution in [0.5, 0.6) is 0 Å². The van der Waals surface area contributed by atoms with Gasteiger partial charge in [-0.15, -0.1) is 0 Å². The molecule has 0 spiro atoms. The molecule has 3 rings (SSSR count). The minimum Gasteiger partial charge on any atom is -0.437 e. The van der Waals surface area contributed by atoms with Crippen LogP contribution in [0.4, 0.5) is 0 Å². The Hall–Kier alpha value is -2.29. The van der Waals surface area contributed by atoms with E-state index in [1.54, 1.807) is 0 Å². The molecular weight excluding hydrogens is 226 g/mol. The Morgan fingerprint density at radius 2 is 1.94 bits per heavy atom. The van der Waals surface area contributed by atoms with Crippen LogP contribution in [0.3, 0.4) is 0 Å². The molecule has 18 heavy (non-hydrogen) atoms. The third-order valence-corrected chi connectivity index (χ3v) is 2.99. The summed E-state index contributed by atoms with van der Waals surface area (Å²) in [6, 6.07) is 14.1. The fourth-order valence-electron chi connectivity index (χ4n) is 2.16. The molecule has 3 nitrogen and oxygen atoms in total. The fourth-order valence-corrected chi connectivity index (χ4v) is 2.16. The fraction of sp³-hybridized carbons (Fsp3) is 0.133. The van der Waals surface area contributed by atoms with Gasteiger partial charge in [0.15, 0.2) is 6.23 Å². The highest BCUT2D eigenvalue weighted by Crippen LogP contribution is 2.22.